The van der Waals surface area contributed by atoms with Crippen molar-refractivity contribution >= 4 is 27.6 Å². The second-order valence-corrected chi connectivity index (χ2v) is 7.21. The highest BCUT2D eigenvalue weighted by molar-refractivity contribution is 9.10. The first-order valence-corrected chi connectivity index (χ1v) is 9.84. The Morgan fingerprint density at radius 2 is 1.83 bits per heavy atom. The Hall–Kier alpha value is -3.30. The van der Waals surface area contributed by atoms with Crippen LogP contribution < -0.4 is 14.2 Å². The van der Waals surface area contributed by atoms with Crippen molar-refractivity contribution in [1.29, 1.82) is 5.26 Å². The zero-order valence-electron chi connectivity index (χ0n) is 16.5. The molecule has 0 heterocycles. The molecule has 0 unspecified atom stereocenters. The van der Waals surface area contributed by atoms with Gasteiger partial charge < -0.3 is 14.2 Å². The summed E-state index contributed by atoms with van der Waals surface area (Å²) in [5.74, 6) is 1.41. The molecular weight excluding hydrogens is 449 g/mol. The summed E-state index contributed by atoms with van der Waals surface area (Å²) in [5.41, 5.74) is 2.75. The molecule has 0 spiro atoms. The Bertz CT molecular complexity index is 1100. The van der Waals surface area contributed by atoms with E-state index in [1.165, 1.54) is 12.1 Å². The highest BCUT2D eigenvalue weighted by Crippen LogP contribution is 2.38. The van der Waals surface area contributed by atoms with E-state index in [0.717, 1.165) is 16.9 Å². The molecule has 3 aromatic rings. The maximum absolute atomic E-state index is 13.4. The van der Waals surface area contributed by atoms with Crippen LogP contribution in [0, 0.1) is 17.1 Å². The summed E-state index contributed by atoms with van der Waals surface area (Å²) < 4.78 is 30.5. The van der Waals surface area contributed by atoms with Gasteiger partial charge in [0, 0.05) is 0 Å². The van der Waals surface area contributed by atoms with Crippen LogP contribution >= 0.6 is 15.9 Å². The van der Waals surface area contributed by atoms with Crippen LogP contribution in [0.2, 0.25) is 0 Å². The first-order chi connectivity index (χ1) is 14.5. The van der Waals surface area contributed by atoms with E-state index < -0.39 is 0 Å². The number of hydrogen-bond acceptors (Lipinski definition) is 4. The van der Waals surface area contributed by atoms with E-state index in [-0.39, 0.29) is 12.4 Å². The number of benzene rings is 3. The van der Waals surface area contributed by atoms with Gasteiger partial charge >= 0.3 is 0 Å². The highest BCUT2D eigenvalue weighted by Gasteiger charge is 2.13. The van der Waals surface area contributed by atoms with Crippen molar-refractivity contribution in [3.05, 3.63) is 87.6 Å². The number of halogens is 2. The van der Waals surface area contributed by atoms with Crippen molar-refractivity contribution in [2.24, 2.45) is 0 Å². The first-order valence-electron chi connectivity index (χ1n) is 9.05. The van der Waals surface area contributed by atoms with Crippen molar-refractivity contribution in [2.45, 2.75) is 6.61 Å². The maximum atomic E-state index is 13.4. The molecule has 0 saturated heterocycles. The van der Waals surface area contributed by atoms with Crippen LogP contribution in [0.1, 0.15) is 16.7 Å². The van der Waals surface area contributed by atoms with E-state index in [9.17, 15) is 9.65 Å². The second kappa shape index (κ2) is 9.95. The van der Waals surface area contributed by atoms with E-state index in [4.69, 9.17) is 14.2 Å². The normalized spacial score (nSPS) is 11.0. The molecule has 6 heteroatoms. The van der Waals surface area contributed by atoms with E-state index in [1.807, 2.05) is 18.2 Å². The minimum absolute atomic E-state index is 0.192. The smallest absolute Gasteiger partial charge is 0.175 e. The van der Waals surface area contributed by atoms with Crippen LogP contribution in [0.5, 0.6) is 17.2 Å². The Balaban J connectivity index is 1.88. The summed E-state index contributed by atoms with van der Waals surface area (Å²) in [4.78, 5) is 0. The molecule has 0 aliphatic heterocycles. The van der Waals surface area contributed by atoms with Gasteiger partial charge in [0.1, 0.15) is 18.2 Å². The summed E-state index contributed by atoms with van der Waals surface area (Å²) in [5, 5.41) is 9.60. The number of hydrogen-bond donors (Lipinski definition) is 0. The first kappa shape index (κ1) is 21.4. The number of nitrogens with zero attached hydrogens (tertiary/aromatic N) is 1. The van der Waals surface area contributed by atoms with Gasteiger partial charge in [-0.05, 0) is 87.2 Å². The second-order valence-electron chi connectivity index (χ2n) is 6.35. The minimum atomic E-state index is -0.315. The number of rotatable bonds is 7. The molecule has 0 radical (unpaired) electrons. The van der Waals surface area contributed by atoms with Gasteiger partial charge in [-0.2, -0.15) is 5.26 Å². The fraction of sp³-hybridized carbons (Fsp3) is 0.125. The monoisotopic (exact) mass is 467 g/mol. The Labute approximate surface area is 183 Å². The van der Waals surface area contributed by atoms with Crippen molar-refractivity contribution in [2.75, 3.05) is 14.2 Å². The van der Waals surface area contributed by atoms with Crippen molar-refractivity contribution in [1.82, 2.24) is 0 Å². The molecule has 0 N–H and O–H groups in total. The maximum Gasteiger partial charge on any atom is 0.175 e. The molecule has 4 nitrogen and oxygen atoms in total. The molecule has 30 heavy (non-hydrogen) atoms. The predicted molar refractivity (Wildman–Crippen MR) is 118 cm³/mol. The quantitative estimate of drug-likeness (QED) is 0.304. The molecule has 0 saturated carbocycles. The summed E-state index contributed by atoms with van der Waals surface area (Å²) in [7, 11) is 3.14. The third kappa shape index (κ3) is 5.19. The van der Waals surface area contributed by atoms with E-state index in [0.29, 0.717) is 27.1 Å². The average Bonchev–Trinajstić information content (AvgIpc) is 2.76. The molecule has 0 aliphatic carbocycles. The largest absolute Gasteiger partial charge is 0.497 e. The van der Waals surface area contributed by atoms with Crippen LogP contribution in [0.15, 0.2) is 65.1 Å². The molecule has 0 fully saturated rings. The number of ether oxygens (including phenoxy) is 3. The molecule has 152 valence electrons. The van der Waals surface area contributed by atoms with Crippen molar-refractivity contribution < 1.29 is 18.6 Å². The zero-order chi connectivity index (χ0) is 21.5. The fourth-order valence-electron chi connectivity index (χ4n) is 2.86. The van der Waals surface area contributed by atoms with Gasteiger partial charge in [0.2, 0.25) is 0 Å². The van der Waals surface area contributed by atoms with E-state index in [1.54, 1.807) is 50.6 Å². The molecule has 0 atom stereocenters. The summed E-state index contributed by atoms with van der Waals surface area (Å²) in [6, 6.07) is 19.3. The third-order valence-electron chi connectivity index (χ3n) is 4.36. The van der Waals surface area contributed by atoms with Gasteiger partial charge in [0.05, 0.1) is 30.3 Å². The van der Waals surface area contributed by atoms with Gasteiger partial charge in [-0.3, -0.25) is 0 Å². The standard InChI is InChI=1S/C24H19BrFNO3/c1-28-21-8-6-18(7-9-21)19(14-27)10-17-12-22(25)24(23(13-17)29-2)30-15-16-4-3-5-20(26)11-16/h3-13H,15H2,1-2H3/b19-10+. The highest BCUT2D eigenvalue weighted by atomic mass is 79.9. The van der Waals surface area contributed by atoms with Crippen LogP contribution in [-0.4, -0.2) is 14.2 Å². The summed E-state index contributed by atoms with van der Waals surface area (Å²) in [6.45, 7) is 0.192. The molecule has 0 aliphatic rings. The number of allylic oxidation sites excluding steroid dienone is 1. The molecule has 3 rings (SSSR count). The molecule has 3 aromatic carbocycles. The molecule has 0 aromatic heterocycles. The van der Waals surface area contributed by atoms with Crippen LogP contribution in [0.4, 0.5) is 4.39 Å². The lowest BCUT2D eigenvalue weighted by Crippen LogP contribution is -1.99. The lowest BCUT2D eigenvalue weighted by Gasteiger charge is -2.14. The van der Waals surface area contributed by atoms with Gasteiger partial charge in [-0.15, -0.1) is 0 Å². The molecular formula is C24H19BrFNO3. The van der Waals surface area contributed by atoms with Gasteiger partial charge in [0.25, 0.3) is 0 Å². The Morgan fingerprint density at radius 1 is 1.07 bits per heavy atom. The number of methoxy groups -OCH3 is 2. The number of nitriles is 1. The summed E-state index contributed by atoms with van der Waals surface area (Å²) >= 11 is 3.51. The minimum Gasteiger partial charge on any atom is -0.497 e. The van der Waals surface area contributed by atoms with Crippen molar-refractivity contribution in [3.63, 3.8) is 0 Å². The average molecular weight is 468 g/mol. The SMILES string of the molecule is COc1ccc(/C(C#N)=C/c2cc(Br)c(OCc3cccc(F)c3)c(OC)c2)cc1. The topological polar surface area (TPSA) is 51.5 Å². The Morgan fingerprint density at radius 3 is 2.47 bits per heavy atom. The third-order valence-corrected chi connectivity index (χ3v) is 4.95. The van der Waals surface area contributed by atoms with Gasteiger partial charge in [0.15, 0.2) is 11.5 Å². The fourth-order valence-corrected chi connectivity index (χ4v) is 3.44. The van der Waals surface area contributed by atoms with Gasteiger partial charge in [-0.1, -0.05) is 12.1 Å². The van der Waals surface area contributed by atoms with Crippen molar-refractivity contribution in [3.8, 4) is 23.3 Å². The lowest BCUT2D eigenvalue weighted by molar-refractivity contribution is 0.282. The Kier molecular flexibility index (Phi) is 7.10. The predicted octanol–water partition coefficient (Wildman–Crippen LogP) is 6.25. The lowest BCUT2D eigenvalue weighted by atomic mass is 10.0. The van der Waals surface area contributed by atoms with Crippen LogP contribution in [0.3, 0.4) is 0 Å². The van der Waals surface area contributed by atoms with Crippen LogP contribution in [0.25, 0.3) is 11.6 Å². The van der Waals surface area contributed by atoms with E-state index >= 15 is 0 Å². The van der Waals surface area contributed by atoms with E-state index in [2.05, 4.69) is 22.0 Å². The molecule has 0 amide bonds. The van der Waals surface area contributed by atoms with Gasteiger partial charge in [-0.25, -0.2) is 4.39 Å². The summed E-state index contributed by atoms with van der Waals surface area (Å²) in [6.07, 6.45) is 1.77. The van der Waals surface area contributed by atoms with Crippen LogP contribution in [-0.2, 0) is 6.61 Å². The zero-order valence-corrected chi connectivity index (χ0v) is 18.1. The molecule has 0 bridgehead atoms.